The highest BCUT2D eigenvalue weighted by molar-refractivity contribution is 7.90. The molecule has 1 aromatic carbocycles. The van der Waals surface area contributed by atoms with Crippen LogP contribution in [0.3, 0.4) is 0 Å². The number of carbonyl (C=O) groups excluding carboxylic acids is 1. The predicted molar refractivity (Wildman–Crippen MR) is 95.4 cm³/mol. The molecule has 24 heavy (non-hydrogen) atoms. The van der Waals surface area contributed by atoms with Crippen molar-refractivity contribution < 1.29 is 13.2 Å². The third kappa shape index (κ3) is 3.52. The molecule has 7 heteroatoms. The summed E-state index contributed by atoms with van der Waals surface area (Å²) in [6.07, 6.45) is 3.99. The van der Waals surface area contributed by atoms with Crippen LogP contribution in [0.1, 0.15) is 29.6 Å². The molecule has 1 aliphatic rings. The molecule has 0 unspecified atom stereocenters. The second-order valence-electron chi connectivity index (χ2n) is 5.97. The second-order valence-corrected chi connectivity index (χ2v) is 8.93. The maximum absolute atomic E-state index is 12.7. The first-order valence-corrected chi connectivity index (χ1v) is 10.7. The molecular weight excluding hydrogens is 344 g/mol. The first-order chi connectivity index (χ1) is 11.4. The molecule has 0 fully saturated rings. The van der Waals surface area contributed by atoms with Crippen molar-refractivity contribution in [1.82, 2.24) is 4.98 Å². The van der Waals surface area contributed by atoms with Gasteiger partial charge in [0.25, 0.3) is 0 Å². The lowest BCUT2D eigenvalue weighted by Gasteiger charge is -2.29. The summed E-state index contributed by atoms with van der Waals surface area (Å²) in [5, 5.41) is 2.98. The highest BCUT2D eigenvalue weighted by Crippen LogP contribution is 2.30. The van der Waals surface area contributed by atoms with Gasteiger partial charge in [0.15, 0.2) is 9.84 Å². The van der Waals surface area contributed by atoms with Gasteiger partial charge in [0.1, 0.15) is 0 Å². The van der Waals surface area contributed by atoms with E-state index in [0.717, 1.165) is 41.2 Å². The van der Waals surface area contributed by atoms with Gasteiger partial charge in [-0.05, 0) is 43.0 Å². The van der Waals surface area contributed by atoms with E-state index in [4.69, 9.17) is 0 Å². The fourth-order valence-electron chi connectivity index (χ4n) is 2.91. The van der Waals surface area contributed by atoms with Crippen LogP contribution in [0.25, 0.3) is 0 Å². The Morgan fingerprint density at radius 3 is 2.83 bits per heavy atom. The minimum Gasteiger partial charge on any atom is -0.312 e. The van der Waals surface area contributed by atoms with Gasteiger partial charge in [0.2, 0.25) is 5.91 Å². The van der Waals surface area contributed by atoms with E-state index in [1.807, 2.05) is 12.3 Å². The van der Waals surface area contributed by atoms with Gasteiger partial charge in [0.05, 0.1) is 22.0 Å². The molecule has 128 valence electrons. The summed E-state index contributed by atoms with van der Waals surface area (Å²) in [5.74, 6) is 0.0102. The van der Waals surface area contributed by atoms with Gasteiger partial charge < -0.3 is 4.90 Å². The largest absolute Gasteiger partial charge is 0.312 e. The van der Waals surface area contributed by atoms with E-state index >= 15 is 0 Å². The molecule has 0 radical (unpaired) electrons. The summed E-state index contributed by atoms with van der Waals surface area (Å²) in [7, 11) is -3.23. The minimum atomic E-state index is -3.23. The Hall–Kier alpha value is -1.73. The van der Waals surface area contributed by atoms with E-state index in [2.05, 4.69) is 4.98 Å². The van der Waals surface area contributed by atoms with E-state index in [-0.39, 0.29) is 12.3 Å². The predicted octanol–water partition coefficient (Wildman–Crippen LogP) is 2.63. The van der Waals surface area contributed by atoms with Gasteiger partial charge in [0, 0.05) is 23.9 Å². The smallest absolute Gasteiger partial charge is 0.233 e. The van der Waals surface area contributed by atoms with E-state index < -0.39 is 9.84 Å². The molecule has 2 heterocycles. The summed E-state index contributed by atoms with van der Waals surface area (Å²) in [5.41, 5.74) is 2.55. The standard InChI is InChI=1S/C17H20N2O3S2/c1-3-16-18-13(11-23-16)10-17(20)19-8-4-5-12-9-14(24(2,21)22)6-7-15(12)19/h6-7,9,11H,3-5,8,10H2,1-2H3. The maximum atomic E-state index is 12.7. The Kier molecular flexibility index (Phi) is 4.73. The molecule has 1 aromatic heterocycles. The van der Waals surface area contributed by atoms with Gasteiger partial charge in [-0.1, -0.05) is 6.92 Å². The number of anilines is 1. The van der Waals surface area contributed by atoms with Crippen LogP contribution >= 0.6 is 11.3 Å². The molecule has 1 amide bonds. The molecule has 0 saturated heterocycles. The van der Waals surface area contributed by atoms with Gasteiger partial charge in [-0.15, -0.1) is 11.3 Å². The Balaban J connectivity index is 1.84. The minimum absolute atomic E-state index is 0.0102. The highest BCUT2D eigenvalue weighted by atomic mass is 32.2. The van der Waals surface area contributed by atoms with Crippen molar-refractivity contribution in [3.05, 3.63) is 39.8 Å². The van der Waals surface area contributed by atoms with Gasteiger partial charge >= 0.3 is 0 Å². The zero-order valence-corrected chi connectivity index (χ0v) is 15.4. The number of rotatable bonds is 4. The average Bonchev–Trinajstić information content (AvgIpc) is 3.00. The number of fused-ring (bicyclic) bond motifs is 1. The van der Waals surface area contributed by atoms with Crippen LogP contribution < -0.4 is 4.90 Å². The van der Waals surface area contributed by atoms with Gasteiger partial charge in [-0.3, -0.25) is 4.79 Å². The lowest BCUT2D eigenvalue weighted by atomic mass is 10.0. The third-order valence-corrected chi connectivity index (χ3v) is 6.29. The quantitative estimate of drug-likeness (QED) is 0.836. The molecule has 0 aliphatic carbocycles. The van der Waals surface area contributed by atoms with Gasteiger partial charge in [-0.25, -0.2) is 13.4 Å². The number of hydrogen-bond donors (Lipinski definition) is 0. The van der Waals surface area contributed by atoms with Crippen LogP contribution in [-0.2, 0) is 33.9 Å². The van der Waals surface area contributed by atoms with Crippen LogP contribution in [0.2, 0.25) is 0 Å². The van der Waals surface area contributed by atoms with Crippen molar-refractivity contribution in [2.75, 3.05) is 17.7 Å². The molecule has 2 aromatic rings. The van der Waals surface area contributed by atoms with E-state index in [1.54, 1.807) is 34.4 Å². The summed E-state index contributed by atoms with van der Waals surface area (Å²) >= 11 is 1.58. The number of sulfone groups is 1. The van der Waals surface area contributed by atoms with Crippen molar-refractivity contribution >= 4 is 32.8 Å². The monoisotopic (exact) mass is 364 g/mol. The Morgan fingerprint density at radius 1 is 1.38 bits per heavy atom. The highest BCUT2D eigenvalue weighted by Gasteiger charge is 2.24. The van der Waals surface area contributed by atoms with Crippen LogP contribution in [0, 0.1) is 0 Å². The molecule has 0 spiro atoms. The summed E-state index contributed by atoms with van der Waals surface area (Å²) in [4.78, 5) is 19.2. The number of thiazole rings is 1. The number of nitrogens with zero attached hydrogens (tertiary/aromatic N) is 2. The number of benzene rings is 1. The van der Waals surface area contributed by atoms with Crippen LogP contribution in [0.4, 0.5) is 5.69 Å². The van der Waals surface area contributed by atoms with Gasteiger partial charge in [-0.2, -0.15) is 0 Å². The fourth-order valence-corrected chi connectivity index (χ4v) is 4.32. The van der Waals surface area contributed by atoms with Crippen molar-refractivity contribution in [3.8, 4) is 0 Å². The lowest BCUT2D eigenvalue weighted by molar-refractivity contribution is -0.118. The molecular formula is C17H20N2O3S2. The van der Waals surface area contributed by atoms with Crippen molar-refractivity contribution in [2.24, 2.45) is 0 Å². The molecule has 1 aliphatic heterocycles. The zero-order valence-electron chi connectivity index (χ0n) is 13.8. The number of carbonyl (C=O) groups is 1. The molecule has 3 rings (SSSR count). The Bertz CT molecular complexity index is 872. The van der Waals surface area contributed by atoms with Crippen molar-refractivity contribution in [2.45, 2.75) is 37.5 Å². The molecule has 0 bridgehead atoms. The Labute approximate surface area is 146 Å². The number of hydrogen-bond acceptors (Lipinski definition) is 5. The van der Waals surface area contributed by atoms with Crippen molar-refractivity contribution in [1.29, 1.82) is 0 Å². The summed E-state index contributed by atoms with van der Waals surface area (Å²) in [6, 6.07) is 5.03. The normalized spacial score (nSPS) is 14.5. The first-order valence-electron chi connectivity index (χ1n) is 7.95. The first kappa shape index (κ1) is 17.1. The molecule has 0 saturated carbocycles. The lowest BCUT2D eigenvalue weighted by Crippen LogP contribution is -2.36. The molecule has 5 nitrogen and oxygen atoms in total. The topological polar surface area (TPSA) is 67.3 Å². The molecule has 0 N–H and O–H groups in total. The fraction of sp³-hybridized carbons (Fsp3) is 0.412. The van der Waals surface area contributed by atoms with E-state index in [1.165, 1.54) is 6.26 Å². The van der Waals surface area contributed by atoms with Crippen LogP contribution in [0.5, 0.6) is 0 Å². The van der Waals surface area contributed by atoms with E-state index in [9.17, 15) is 13.2 Å². The second kappa shape index (κ2) is 6.64. The summed E-state index contributed by atoms with van der Waals surface area (Å²) < 4.78 is 23.4. The average molecular weight is 364 g/mol. The number of aryl methyl sites for hydroxylation is 2. The maximum Gasteiger partial charge on any atom is 0.233 e. The third-order valence-electron chi connectivity index (χ3n) is 4.13. The summed E-state index contributed by atoms with van der Waals surface area (Å²) in [6.45, 7) is 2.71. The van der Waals surface area contributed by atoms with Crippen LogP contribution in [0.15, 0.2) is 28.5 Å². The molecule has 0 atom stereocenters. The Morgan fingerprint density at radius 2 is 2.17 bits per heavy atom. The van der Waals surface area contributed by atoms with Crippen LogP contribution in [-0.4, -0.2) is 32.1 Å². The van der Waals surface area contributed by atoms with E-state index in [0.29, 0.717) is 11.4 Å². The number of amides is 1. The zero-order chi connectivity index (χ0) is 17.3. The number of aromatic nitrogens is 1. The van der Waals surface area contributed by atoms with Crippen molar-refractivity contribution in [3.63, 3.8) is 0 Å². The SMILES string of the molecule is CCc1nc(CC(=O)N2CCCc3cc(S(C)(=O)=O)ccc32)cs1.